The average Bonchev–Trinajstić information content (AvgIpc) is 3.22. The first kappa shape index (κ1) is 18.9. The molecule has 1 amide bonds. The summed E-state index contributed by atoms with van der Waals surface area (Å²) in [5.74, 6) is 0.589. The summed E-state index contributed by atoms with van der Waals surface area (Å²) in [4.78, 5) is 18.9. The van der Waals surface area contributed by atoms with Crippen molar-refractivity contribution >= 4 is 11.6 Å². The van der Waals surface area contributed by atoms with Crippen molar-refractivity contribution in [1.82, 2.24) is 15.0 Å². The van der Waals surface area contributed by atoms with Gasteiger partial charge in [-0.25, -0.2) is 4.39 Å². The summed E-state index contributed by atoms with van der Waals surface area (Å²) in [5.41, 5.74) is 6.40. The number of likely N-dealkylation sites (tertiary alicyclic amines) is 1. The van der Waals surface area contributed by atoms with Gasteiger partial charge in [-0.05, 0) is 49.6 Å². The number of nitrogens with zero attached hydrogens (tertiary/aromatic N) is 3. The SMILES string of the molecule is Nc1cc(F)cc(-c2noc(C3CCCCN3C(=O)COc3ccccc3)n2)c1. The van der Waals surface area contributed by atoms with E-state index in [1.807, 2.05) is 18.2 Å². The number of nitrogens with two attached hydrogens (primary N) is 1. The summed E-state index contributed by atoms with van der Waals surface area (Å²) in [7, 11) is 0. The van der Waals surface area contributed by atoms with Gasteiger partial charge >= 0.3 is 0 Å². The number of hydrogen-bond donors (Lipinski definition) is 1. The molecule has 2 aromatic carbocycles. The zero-order valence-corrected chi connectivity index (χ0v) is 15.8. The molecule has 1 fully saturated rings. The lowest BCUT2D eigenvalue weighted by molar-refractivity contribution is -0.138. The number of halogens is 1. The van der Waals surface area contributed by atoms with Crippen LogP contribution in [0.15, 0.2) is 53.1 Å². The standard InChI is InChI=1S/C21H21FN4O3/c22-15-10-14(11-16(23)12-15)20-24-21(29-25-20)18-8-4-5-9-26(18)19(27)13-28-17-6-2-1-3-7-17/h1-3,6-7,10-12,18H,4-5,8-9,13,23H2. The lowest BCUT2D eigenvalue weighted by Crippen LogP contribution is -2.41. The Morgan fingerprint density at radius 1 is 1.24 bits per heavy atom. The van der Waals surface area contributed by atoms with E-state index in [4.69, 9.17) is 15.0 Å². The van der Waals surface area contributed by atoms with Crippen molar-refractivity contribution in [2.75, 3.05) is 18.9 Å². The molecule has 0 bridgehead atoms. The van der Waals surface area contributed by atoms with Gasteiger partial charge in [-0.15, -0.1) is 0 Å². The van der Waals surface area contributed by atoms with Gasteiger partial charge in [-0.3, -0.25) is 4.79 Å². The molecular weight excluding hydrogens is 375 g/mol. The van der Waals surface area contributed by atoms with Gasteiger partial charge in [-0.1, -0.05) is 23.4 Å². The molecule has 1 aromatic heterocycles. The van der Waals surface area contributed by atoms with Crippen molar-refractivity contribution in [3.63, 3.8) is 0 Å². The van der Waals surface area contributed by atoms with Gasteiger partial charge < -0.3 is 19.9 Å². The van der Waals surface area contributed by atoms with Gasteiger partial charge in [0.2, 0.25) is 11.7 Å². The van der Waals surface area contributed by atoms with Crippen LogP contribution in [0.4, 0.5) is 10.1 Å². The number of aromatic nitrogens is 2. The maximum atomic E-state index is 13.6. The topological polar surface area (TPSA) is 94.5 Å². The van der Waals surface area contributed by atoms with E-state index >= 15 is 0 Å². The monoisotopic (exact) mass is 396 g/mol. The summed E-state index contributed by atoms with van der Waals surface area (Å²) in [6.45, 7) is 0.522. The minimum Gasteiger partial charge on any atom is -0.484 e. The highest BCUT2D eigenvalue weighted by Gasteiger charge is 2.32. The largest absolute Gasteiger partial charge is 0.484 e. The third-order valence-electron chi connectivity index (χ3n) is 4.83. The first-order valence-electron chi connectivity index (χ1n) is 9.47. The van der Waals surface area contributed by atoms with Crippen LogP contribution >= 0.6 is 0 Å². The van der Waals surface area contributed by atoms with E-state index in [-0.39, 0.29) is 30.1 Å². The van der Waals surface area contributed by atoms with Crippen LogP contribution in [0.2, 0.25) is 0 Å². The number of piperidine rings is 1. The van der Waals surface area contributed by atoms with Crippen LogP contribution in [-0.4, -0.2) is 34.1 Å². The Labute approximate surface area is 167 Å². The molecule has 0 saturated carbocycles. The second-order valence-electron chi connectivity index (χ2n) is 6.93. The molecule has 150 valence electrons. The van der Waals surface area contributed by atoms with Crippen LogP contribution in [0.5, 0.6) is 5.75 Å². The van der Waals surface area contributed by atoms with Crippen LogP contribution in [0.1, 0.15) is 31.2 Å². The van der Waals surface area contributed by atoms with Crippen molar-refractivity contribution < 1.29 is 18.4 Å². The first-order valence-corrected chi connectivity index (χ1v) is 9.47. The molecule has 1 atom stereocenters. The van der Waals surface area contributed by atoms with Gasteiger partial charge in [0.15, 0.2) is 6.61 Å². The Kier molecular flexibility index (Phi) is 5.41. The number of carbonyl (C=O) groups is 1. The molecule has 1 aliphatic rings. The molecule has 1 unspecified atom stereocenters. The Hall–Kier alpha value is -3.42. The van der Waals surface area contributed by atoms with E-state index < -0.39 is 5.82 Å². The number of benzene rings is 2. The zero-order chi connectivity index (χ0) is 20.2. The number of ether oxygens (including phenoxy) is 1. The third-order valence-corrected chi connectivity index (χ3v) is 4.83. The second-order valence-corrected chi connectivity index (χ2v) is 6.93. The summed E-state index contributed by atoms with van der Waals surface area (Å²) in [6, 6.07) is 12.9. The molecule has 1 saturated heterocycles. The number of hydrogen-bond acceptors (Lipinski definition) is 6. The molecule has 4 rings (SSSR count). The summed E-state index contributed by atoms with van der Waals surface area (Å²) in [6.07, 6.45) is 2.55. The van der Waals surface area contributed by atoms with Gasteiger partial charge in [0.1, 0.15) is 17.6 Å². The number of rotatable bonds is 5. The molecular formula is C21H21FN4O3. The third kappa shape index (κ3) is 4.37. The van der Waals surface area contributed by atoms with E-state index in [1.54, 1.807) is 23.1 Å². The van der Waals surface area contributed by atoms with Crippen LogP contribution < -0.4 is 10.5 Å². The molecule has 1 aliphatic heterocycles. The number of amides is 1. The maximum absolute atomic E-state index is 13.6. The molecule has 0 aliphatic carbocycles. The van der Waals surface area contributed by atoms with Crippen LogP contribution in [0.25, 0.3) is 11.4 Å². The van der Waals surface area contributed by atoms with Crippen LogP contribution in [-0.2, 0) is 4.79 Å². The smallest absolute Gasteiger partial charge is 0.261 e. The van der Waals surface area contributed by atoms with E-state index in [1.165, 1.54) is 12.1 Å². The summed E-state index contributed by atoms with van der Waals surface area (Å²) < 4.78 is 24.6. The van der Waals surface area contributed by atoms with Gasteiger partial charge in [0, 0.05) is 17.8 Å². The van der Waals surface area contributed by atoms with E-state index in [0.717, 1.165) is 12.8 Å². The lowest BCUT2D eigenvalue weighted by Gasteiger charge is -2.33. The van der Waals surface area contributed by atoms with Crippen molar-refractivity contribution in [2.45, 2.75) is 25.3 Å². The first-order chi connectivity index (χ1) is 14.1. The van der Waals surface area contributed by atoms with E-state index in [2.05, 4.69) is 10.1 Å². The Balaban J connectivity index is 1.50. The molecule has 29 heavy (non-hydrogen) atoms. The predicted octanol–water partition coefficient (Wildman–Crippen LogP) is 3.59. The minimum atomic E-state index is -0.473. The summed E-state index contributed by atoms with van der Waals surface area (Å²) in [5, 5.41) is 3.95. The van der Waals surface area contributed by atoms with Crippen LogP contribution in [0, 0.1) is 5.82 Å². The molecule has 8 heteroatoms. The van der Waals surface area contributed by atoms with Crippen molar-refractivity contribution in [3.8, 4) is 17.1 Å². The Morgan fingerprint density at radius 2 is 2.07 bits per heavy atom. The van der Waals surface area contributed by atoms with Crippen molar-refractivity contribution in [3.05, 3.63) is 60.2 Å². The fraction of sp³-hybridized carbons (Fsp3) is 0.286. The average molecular weight is 396 g/mol. The molecule has 7 nitrogen and oxygen atoms in total. The second kappa shape index (κ2) is 8.30. The number of carbonyl (C=O) groups excluding carboxylic acids is 1. The molecule has 3 aromatic rings. The normalized spacial score (nSPS) is 16.6. The Bertz CT molecular complexity index is 972. The molecule has 2 heterocycles. The lowest BCUT2D eigenvalue weighted by atomic mass is 10.0. The zero-order valence-electron chi connectivity index (χ0n) is 15.8. The van der Waals surface area contributed by atoms with E-state index in [0.29, 0.717) is 30.2 Å². The predicted molar refractivity (Wildman–Crippen MR) is 104 cm³/mol. The molecule has 0 radical (unpaired) electrons. The quantitative estimate of drug-likeness (QED) is 0.663. The minimum absolute atomic E-state index is 0.0675. The van der Waals surface area contributed by atoms with Crippen LogP contribution in [0.3, 0.4) is 0 Å². The highest BCUT2D eigenvalue weighted by atomic mass is 19.1. The number of anilines is 1. The van der Waals surface area contributed by atoms with Gasteiger partial charge in [0.25, 0.3) is 5.91 Å². The Morgan fingerprint density at radius 3 is 2.86 bits per heavy atom. The maximum Gasteiger partial charge on any atom is 0.261 e. The summed E-state index contributed by atoms with van der Waals surface area (Å²) >= 11 is 0. The van der Waals surface area contributed by atoms with Crippen molar-refractivity contribution in [2.24, 2.45) is 0 Å². The number of para-hydroxylation sites is 1. The molecule has 0 spiro atoms. The fourth-order valence-corrected chi connectivity index (χ4v) is 3.46. The van der Waals surface area contributed by atoms with Gasteiger partial charge in [0.05, 0.1) is 0 Å². The highest BCUT2D eigenvalue weighted by Crippen LogP contribution is 2.31. The van der Waals surface area contributed by atoms with Gasteiger partial charge in [-0.2, -0.15) is 4.98 Å². The van der Waals surface area contributed by atoms with Crippen molar-refractivity contribution in [1.29, 1.82) is 0 Å². The van der Waals surface area contributed by atoms with E-state index in [9.17, 15) is 9.18 Å². The number of nitrogen functional groups attached to an aromatic ring is 1. The molecule has 2 N–H and O–H groups in total. The fourth-order valence-electron chi connectivity index (χ4n) is 3.46. The highest BCUT2D eigenvalue weighted by molar-refractivity contribution is 5.78.